The van der Waals surface area contributed by atoms with Crippen LogP contribution in [0.5, 0.6) is 0 Å². The number of thiazole rings is 1. The number of hydrogen-bond acceptors (Lipinski definition) is 3. The average molecular weight is 272 g/mol. The third-order valence-electron chi connectivity index (χ3n) is 4.11. The van der Waals surface area contributed by atoms with Crippen LogP contribution in [0.15, 0.2) is 35.8 Å². The Balaban J connectivity index is 1.88. The lowest BCUT2D eigenvalue weighted by Gasteiger charge is -2.25. The molecule has 1 aliphatic carbocycles. The molecule has 0 saturated carbocycles. The van der Waals surface area contributed by atoms with Crippen molar-refractivity contribution in [3.63, 3.8) is 0 Å². The molecule has 1 aromatic heterocycles. The van der Waals surface area contributed by atoms with Crippen LogP contribution in [0, 0.1) is 5.92 Å². The first-order valence-corrected chi connectivity index (χ1v) is 7.90. The van der Waals surface area contributed by atoms with Crippen LogP contribution in [-0.2, 0) is 12.8 Å². The molecule has 2 nitrogen and oxygen atoms in total. The van der Waals surface area contributed by atoms with Crippen molar-refractivity contribution in [3.8, 4) is 0 Å². The van der Waals surface area contributed by atoms with E-state index in [9.17, 15) is 0 Å². The van der Waals surface area contributed by atoms with Gasteiger partial charge in [0.05, 0.1) is 5.01 Å². The number of rotatable bonds is 3. The van der Waals surface area contributed by atoms with Crippen LogP contribution >= 0.6 is 11.3 Å². The standard InChI is InChI=1S/C16H20N2S/c1-17-16-13(11-15-18-9-10-19-15)7-4-6-12-5-2-3-8-14(12)16/h2-3,5,8-10,13,16-17H,4,6-7,11H2,1H3. The number of fused-ring (bicyclic) bond motifs is 1. The number of aromatic nitrogens is 1. The Bertz CT molecular complexity index is 521. The fourth-order valence-corrected chi connectivity index (χ4v) is 3.94. The topological polar surface area (TPSA) is 24.9 Å². The molecular weight excluding hydrogens is 252 g/mol. The highest BCUT2D eigenvalue weighted by molar-refractivity contribution is 7.09. The van der Waals surface area contributed by atoms with Crippen molar-refractivity contribution in [2.45, 2.75) is 31.7 Å². The smallest absolute Gasteiger partial charge is 0.0928 e. The minimum Gasteiger partial charge on any atom is -0.313 e. The maximum atomic E-state index is 4.46. The molecule has 2 aromatic rings. The number of hydrogen-bond donors (Lipinski definition) is 1. The predicted octanol–water partition coefficient (Wildman–Crippen LogP) is 3.60. The molecule has 3 heteroatoms. The first kappa shape index (κ1) is 12.8. The summed E-state index contributed by atoms with van der Waals surface area (Å²) >= 11 is 1.78. The zero-order valence-corrected chi connectivity index (χ0v) is 12.1. The molecule has 0 saturated heterocycles. The fourth-order valence-electron chi connectivity index (χ4n) is 3.23. The Hall–Kier alpha value is -1.19. The van der Waals surface area contributed by atoms with Crippen molar-refractivity contribution < 1.29 is 0 Å². The van der Waals surface area contributed by atoms with Gasteiger partial charge in [0, 0.05) is 24.0 Å². The monoisotopic (exact) mass is 272 g/mol. The maximum Gasteiger partial charge on any atom is 0.0928 e. The Morgan fingerprint density at radius 1 is 1.37 bits per heavy atom. The summed E-state index contributed by atoms with van der Waals surface area (Å²) in [5.74, 6) is 0.653. The molecule has 100 valence electrons. The summed E-state index contributed by atoms with van der Waals surface area (Å²) in [6.45, 7) is 0. The Kier molecular flexibility index (Phi) is 3.95. The van der Waals surface area contributed by atoms with Crippen LogP contribution in [0.25, 0.3) is 0 Å². The van der Waals surface area contributed by atoms with E-state index in [0.29, 0.717) is 12.0 Å². The van der Waals surface area contributed by atoms with Gasteiger partial charge in [-0.2, -0.15) is 0 Å². The highest BCUT2D eigenvalue weighted by atomic mass is 32.1. The lowest BCUT2D eigenvalue weighted by atomic mass is 9.88. The van der Waals surface area contributed by atoms with E-state index < -0.39 is 0 Å². The van der Waals surface area contributed by atoms with Crippen LogP contribution in [0.1, 0.15) is 35.0 Å². The highest BCUT2D eigenvalue weighted by Gasteiger charge is 2.27. The molecule has 0 amide bonds. The van der Waals surface area contributed by atoms with Gasteiger partial charge < -0.3 is 5.32 Å². The van der Waals surface area contributed by atoms with Gasteiger partial charge in [-0.3, -0.25) is 0 Å². The molecule has 1 aliphatic rings. The van der Waals surface area contributed by atoms with Crippen LogP contribution in [-0.4, -0.2) is 12.0 Å². The molecule has 19 heavy (non-hydrogen) atoms. The molecule has 1 aromatic carbocycles. The largest absolute Gasteiger partial charge is 0.313 e. The van der Waals surface area contributed by atoms with E-state index in [0.717, 1.165) is 6.42 Å². The number of benzene rings is 1. The van der Waals surface area contributed by atoms with E-state index >= 15 is 0 Å². The third kappa shape index (κ3) is 2.72. The van der Waals surface area contributed by atoms with Crippen molar-refractivity contribution in [2.75, 3.05) is 7.05 Å². The van der Waals surface area contributed by atoms with E-state index in [1.807, 2.05) is 6.20 Å². The van der Waals surface area contributed by atoms with E-state index in [1.54, 1.807) is 11.3 Å². The summed E-state index contributed by atoms with van der Waals surface area (Å²) in [5.41, 5.74) is 3.01. The van der Waals surface area contributed by atoms with Gasteiger partial charge in [-0.25, -0.2) is 4.98 Å². The van der Waals surface area contributed by atoms with Gasteiger partial charge in [0.15, 0.2) is 0 Å². The molecule has 0 spiro atoms. The summed E-state index contributed by atoms with van der Waals surface area (Å²) in [4.78, 5) is 4.46. The SMILES string of the molecule is CNC1c2ccccc2CCCC1Cc1nccs1. The van der Waals surface area contributed by atoms with Gasteiger partial charge in [0.25, 0.3) is 0 Å². The Labute approximate surface area is 118 Å². The van der Waals surface area contributed by atoms with Crippen molar-refractivity contribution in [3.05, 3.63) is 52.0 Å². The Morgan fingerprint density at radius 2 is 2.26 bits per heavy atom. The summed E-state index contributed by atoms with van der Waals surface area (Å²) in [6.07, 6.45) is 6.78. The Morgan fingerprint density at radius 3 is 3.05 bits per heavy atom. The molecule has 2 unspecified atom stereocenters. The summed E-state index contributed by atoms with van der Waals surface area (Å²) < 4.78 is 0. The summed E-state index contributed by atoms with van der Waals surface area (Å²) in [5, 5.41) is 6.89. The quantitative estimate of drug-likeness (QED) is 0.864. The second-order valence-electron chi connectivity index (χ2n) is 5.25. The first-order chi connectivity index (χ1) is 9.38. The summed E-state index contributed by atoms with van der Waals surface area (Å²) in [7, 11) is 2.08. The zero-order chi connectivity index (χ0) is 13.1. The molecule has 1 N–H and O–H groups in total. The minimum absolute atomic E-state index is 0.461. The highest BCUT2D eigenvalue weighted by Crippen LogP contribution is 2.35. The zero-order valence-electron chi connectivity index (χ0n) is 11.3. The molecule has 0 fully saturated rings. The molecule has 1 heterocycles. The van der Waals surface area contributed by atoms with E-state index in [4.69, 9.17) is 0 Å². The van der Waals surface area contributed by atoms with Crippen molar-refractivity contribution in [1.29, 1.82) is 0 Å². The van der Waals surface area contributed by atoms with Crippen molar-refractivity contribution in [1.82, 2.24) is 10.3 Å². The van der Waals surface area contributed by atoms with Gasteiger partial charge >= 0.3 is 0 Å². The number of nitrogens with zero attached hydrogens (tertiary/aromatic N) is 1. The predicted molar refractivity (Wildman–Crippen MR) is 80.5 cm³/mol. The molecule has 0 radical (unpaired) electrons. The van der Waals surface area contributed by atoms with E-state index in [2.05, 4.69) is 47.0 Å². The third-order valence-corrected chi connectivity index (χ3v) is 4.92. The van der Waals surface area contributed by atoms with Gasteiger partial charge in [0.1, 0.15) is 0 Å². The maximum absolute atomic E-state index is 4.46. The second-order valence-corrected chi connectivity index (χ2v) is 6.23. The molecule has 2 atom stereocenters. The van der Waals surface area contributed by atoms with Crippen LogP contribution < -0.4 is 5.32 Å². The van der Waals surface area contributed by atoms with Gasteiger partial charge in [-0.15, -0.1) is 11.3 Å². The fraction of sp³-hybridized carbons (Fsp3) is 0.438. The van der Waals surface area contributed by atoms with E-state index in [1.165, 1.54) is 35.4 Å². The van der Waals surface area contributed by atoms with Gasteiger partial charge in [0.2, 0.25) is 0 Å². The van der Waals surface area contributed by atoms with Crippen molar-refractivity contribution in [2.24, 2.45) is 5.92 Å². The molecular formula is C16H20N2S. The van der Waals surface area contributed by atoms with E-state index in [-0.39, 0.29) is 0 Å². The molecule has 0 aliphatic heterocycles. The number of aryl methyl sites for hydroxylation is 1. The van der Waals surface area contributed by atoms with Crippen LogP contribution in [0.4, 0.5) is 0 Å². The molecule has 3 rings (SSSR count). The van der Waals surface area contributed by atoms with Crippen LogP contribution in [0.3, 0.4) is 0 Å². The number of nitrogens with one attached hydrogen (secondary N) is 1. The normalized spacial score (nSPS) is 22.8. The van der Waals surface area contributed by atoms with Crippen molar-refractivity contribution >= 4 is 11.3 Å². The first-order valence-electron chi connectivity index (χ1n) is 7.02. The lowest BCUT2D eigenvalue weighted by molar-refractivity contribution is 0.358. The average Bonchev–Trinajstić information content (AvgIpc) is 2.87. The minimum atomic E-state index is 0.461. The van der Waals surface area contributed by atoms with Gasteiger partial charge in [-0.1, -0.05) is 24.3 Å². The van der Waals surface area contributed by atoms with Gasteiger partial charge in [-0.05, 0) is 43.4 Å². The van der Waals surface area contributed by atoms with Crippen LogP contribution in [0.2, 0.25) is 0 Å². The molecule has 0 bridgehead atoms. The lowest BCUT2D eigenvalue weighted by Crippen LogP contribution is -2.26. The second kappa shape index (κ2) is 5.85. The summed E-state index contributed by atoms with van der Waals surface area (Å²) in [6, 6.07) is 9.35.